The van der Waals surface area contributed by atoms with E-state index in [1.54, 1.807) is 24.4 Å². The summed E-state index contributed by atoms with van der Waals surface area (Å²) in [6.07, 6.45) is 3.02. The molecule has 0 unspecified atom stereocenters. The third kappa shape index (κ3) is 1.78. The van der Waals surface area contributed by atoms with E-state index in [1.807, 2.05) is 0 Å². The molecule has 3 heterocycles. The number of nitrogens with one attached hydrogen (secondary N) is 1. The summed E-state index contributed by atoms with van der Waals surface area (Å²) < 4.78 is 5.69. The molecular formula is C13H6ClN5O2. The van der Waals surface area contributed by atoms with Crippen LogP contribution in [0.5, 0.6) is 0 Å². The third-order valence-electron chi connectivity index (χ3n) is 3.13. The fourth-order valence-corrected chi connectivity index (χ4v) is 2.43. The van der Waals surface area contributed by atoms with Crippen molar-refractivity contribution in [2.75, 3.05) is 0 Å². The second kappa shape index (κ2) is 4.35. The molecule has 0 aliphatic carbocycles. The van der Waals surface area contributed by atoms with Crippen LogP contribution < -0.4 is 5.43 Å². The Hall–Kier alpha value is -2.80. The number of hydrogen-bond donors (Lipinski definition) is 1. The zero-order valence-corrected chi connectivity index (χ0v) is 11.1. The number of aromatic nitrogens is 5. The van der Waals surface area contributed by atoms with Gasteiger partial charge >= 0.3 is 0 Å². The number of rotatable bonds is 1. The highest BCUT2D eigenvalue weighted by Crippen LogP contribution is 2.29. The SMILES string of the molecule is O=c1c2cnccc2oc2c(Cl)cc(-c3nn[nH]n3)cc12. The fraction of sp³-hybridized carbons (Fsp3) is 0. The van der Waals surface area contributed by atoms with Crippen LogP contribution in [0.4, 0.5) is 0 Å². The van der Waals surface area contributed by atoms with Crippen molar-refractivity contribution >= 4 is 33.5 Å². The topological polar surface area (TPSA) is 97.6 Å². The first-order valence-electron chi connectivity index (χ1n) is 5.98. The molecule has 7 nitrogen and oxygen atoms in total. The highest BCUT2D eigenvalue weighted by molar-refractivity contribution is 6.35. The van der Waals surface area contributed by atoms with Gasteiger partial charge in [0.1, 0.15) is 5.58 Å². The van der Waals surface area contributed by atoms with Gasteiger partial charge in [-0.15, -0.1) is 10.2 Å². The van der Waals surface area contributed by atoms with Gasteiger partial charge in [-0.3, -0.25) is 9.78 Å². The van der Waals surface area contributed by atoms with Crippen LogP contribution >= 0.6 is 11.6 Å². The Morgan fingerprint density at radius 1 is 1.24 bits per heavy atom. The Morgan fingerprint density at radius 2 is 2.14 bits per heavy atom. The highest BCUT2D eigenvalue weighted by Gasteiger charge is 2.14. The van der Waals surface area contributed by atoms with Crippen molar-refractivity contribution in [1.82, 2.24) is 25.6 Å². The highest BCUT2D eigenvalue weighted by atomic mass is 35.5. The van der Waals surface area contributed by atoms with E-state index < -0.39 is 0 Å². The van der Waals surface area contributed by atoms with Gasteiger partial charge in [0.15, 0.2) is 5.58 Å². The molecule has 0 aliphatic rings. The van der Waals surface area contributed by atoms with Crippen molar-refractivity contribution < 1.29 is 4.42 Å². The molecule has 8 heteroatoms. The lowest BCUT2D eigenvalue weighted by molar-refractivity contribution is 0.659. The second-order valence-electron chi connectivity index (χ2n) is 4.37. The lowest BCUT2D eigenvalue weighted by Crippen LogP contribution is -2.03. The second-order valence-corrected chi connectivity index (χ2v) is 4.78. The maximum Gasteiger partial charge on any atom is 0.204 e. The minimum absolute atomic E-state index is 0.202. The zero-order valence-electron chi connectivity index (χ0n) is 10.4. The summed E-state index contributed by atoms with van der Waals surface area (Å²) in [5.74, 6) is 0.351. The maximum atomic E-state index is 12.5. The molecule has 0 bridgehead atoms. The number of benzene rings is 1. The molecule has 0 fully saturated rings. The van der Waals surface area contributed by atoms with Gasteiger partial charge in [-0.05, 0) is 23.4 Å². The first-order valence-corrected chi connectivity index (χ1v) is 6.36. The standard InChI is InChI=1S/C13H6ClN5O2/c14-9-4-6(13-16-18-19-17-13)3-7-11(20)8-5-15-2-1-10(8)21-12(7)9/h1-5H,(H,16,17,18,19). The summed E-state index contributed by atoms with van der Waals surface area (Å²) in [5.41, 5.74) is 1.15. The van der Waals surface area contributed by atoms with Crippen molar-refractivity contribution in [3.63, 3.8) is 0 Å². The molecule has 0 atom stereocenters. The number of pyridine rings is 1. The van der Waals surface area contributed by atoms with E-state index in [0.29, 0.717) is 38.3 Å². The summed E-state index contributed by atoms with van der Waals surface area (Å²) in [4.78, 5) is 16.5. The van der Waals surface area contributed by atoms with Crippen molar-refractivity contribution in [1.29, 1.82) is 0 Å². The van der Waals surface area contributed by atoms with E-state index in [0.717, 1.165) is 0 Å². The Balaban J connectivity index is 2.15. The Kier molecular flexibility index (Phi) is 2.48. The molecule has 0 amide bonds. The normalized spacial score (nSPS) is 11.3. The van der Waals surface area contributed by atoms with Crippen LogP contribution in [0, 0.1) is 0 Å². The van der Waals surface area contributed by atoms with Gasteiger partial charge in [0, 0.05) is 18.0 Å². The lowest BCUT2D eigenvalue weighted by atomic mass is 10.1. The van der Waals surface area contributed by atoms with Crippen molar-refractivity contribution in [3.05, 3.63) is 45.8 Å². The quantitative estimate of drug-likeness (QED) is 0.541. The van der Waals surface area contributed by atoms with E-state index in [4.69, 9.17) is 16.0 Å². The van der Waals surface area contributed by atoms with E-state index in [1.165, 1.54) is 6.20 Å². The predicted octanol–water partition coefficient (Wildman–Crippen LogP) is 2.17. The number of hydrogen-bond acceptors (Lipinski definition) is 6. The minimum atomic E-state index is -0.202. The fourth-order valence-electron chi connectivity index (χ4n) is 2.18. The minimum Gasteiger partial charge on any atom is -0.454 e. The van der Waals surface area contributed by atoms with Gasteiger partial charge in [0.05, 0.1) is 15.8 Å². The van der Waals surface area contributed by atoms with Crippen LogP contribution in [0.15, 0.2) is 39.8 Å². The zero-order chi connectivity index (χ0) is 14.4. The van der Waals surface area contributed by atoms with Crippen molar-refractivity contribution in [2.45, 2.75) is 0 Å². The van der Waals surface area contributed by atoms with E-state index in [9.17, 15) is 4.79 Å². The number of tetrazole rings is 1. The van der Waals surface area contributed by atoms with Crippen LogP contribution in [-0.4, -0.2) is 25.6 Å². The number of nitrogens with zero attached hydrogens (tertiary/aromatic N) is 4. The number of fused-ring (bicyclic) bond motifs is 2. The Morgan fingerprint density at radius 3 is 2.95 bits per heavy atom. The molecule has 0 saturated carbocycles. The molecular weight excluding hydrogens is 294 g/mol. The summed E-state index contributed by atoms with van der Waals surface area (Å²) in [7, 11) is 0. The van der Waals surface area contributed by atoms with Gasteiger partial charge in [0.25, 0.3) is 0 Å². The van der Waals surface area contributed by atoms with Crippen LogP contribution in [0.3, 0.4) is 0 Å². The van der Waals surface area contributed by atoms with E-state index >= 15 is 0 Å². The van der Waals surface area contributed by atoms with Crippen LogP contribution in [0.1, 0.15) is 0 Å². The monoisotopic (exact) mass is 299 g/mol. The number of H-pyrrole nitrogens is 1. The average Bonchev–Trinajstić information content (AvgIpc) is 3.03. The molecule has 0 radical (unpaired) electrons. The van der Waals surface area contributed by atoms with E-state index in [2.05, 4.69) is 25.6 Å². The molecule has 4 aromatic rings. The molecule has 0 saturated heterocycles. The van der Waals surface area contributed by atoms with Crippen LogP contribution in [0.25, 0.3) is 33.3 Å². The number of aromatic amines is 1. The third-order valence-corrected chi connectivity index (χ3v) is 3.41. The summed E-state index contributed by atoms with van der Waals surface area (Å²) in [6.45, 7) is 0. The van der Waals surface area contributed by atoms with Gasteiger partial charge in [0.2, 0.25) is 11.3 Å². The van der Waals surface area contributed by atoms with Gasteiger partial charge in [-0.25, -0.2) is 0 Å². The molecule has 21 heavy (non-hydrogen) atoms. The molecule has 4 rings (SSSR count). The first kappa shape index (κ1) is 12.0. The molecule has 0 spiro atoms. The van der Waals surface area contributed by atoms with Crippen LogP contribution in [-0.2, 0) is 0 Å². The largest absolute Gasteiger partial charge is 0.454 e. The number of halogens is 1. The lowest BCUT2D eigenvalue weighted by Gasteiger charge is -2.04. The molecule has 3 aromatic heterocycles. The summed E-state index contributed by atoms with van der Waals surface area (Å²) in [5, 5.41) is 14.6. The van der Waals surface area contributed by atoms with Crippen molar-refractivity contribution in [2.24, 2.45) is 0 Å². The predicted molar refractivity (Wildman–Crippen MR) is 76.0 cm³/mol. The van der Waals surface area contributed by atoms with Gasteiger partial charge in [-0.2, -0.15) is 5.21 Å². The molecule has 0 aliphatic heterocycles. The molecule has 1 aromatic carbocycles. The Labute approximate surface area is 121 Å². The summed E-state index contributed by atoms with van der Waals surface area (Å²) in [6, 6.07) is 4.88. The van der Waals surface area contributed by atoms with Crippen molar-refractivity contribution in [3.8, 4) is 11.4 Å². The molecule has 1 N–H and O–H groups in total. The molecule has 102 valence electrons. The Bertz CT molecular complexity index is 1030. The van der Waals surface area contributed by atoms with Gasteiger partial charge < -0.3 is 4.42 Å². The van der Waals surface area contributed by atoms with Gasteiger partial charge in [-0.1, -0.05) is 11.6 Å². The van der Waals surface area contributed by atoms with E-state index in [-0.39, 0.29) is 5.43 Å². The maximum absolute atomic E-state index is 12.5. The smallest absolute Gasteiger partial charge is 0.204 e. The first-order chi connectivity index (χ1) is 10.2. The summed E-state index contributed by atoms with van der Waals surface area (Å²) >= 11 is 6.22. The average molecular weight is 300 g/mol. The van der Waals surface area contributed by atoms with Crippen LogP contribution in [0.2, 0.25) is 5.02 Å².